The van der Waals surface area contributed by atoms with E-state index in [0.29, 0.717) is 30.2 Å². The third-order valence-corrected chi connectivity index (χ3v) is 4.72. The van der Waals surface area contributed by atoms with Crippen LogP contribution in [0.4, 0.5) is 5.82 Å². The quantitative estimate of drug-likeness (QED) is 0.586. The average Bonchev–Trinajstić information content (AvgIpc) is 3.50. The van der Waals surface area contributed by atoms with Gasteiger partial charge in [0, 0.05) is 13.0 Å². The van der Waals surface area contributed by atoms with Crippen LogP contribution < -0.4 is 15.8 Å². The number of amides is 1. The lowest BCUT2D eigenvalue weighted by molar-refractivity contribution is -0.134. The number of hydrogen-bond acceptors (Lipinski definition) is 7. The lowest BCUT2D eigenvalue weighted by atomic mass is 10.2. The molecule has 29 heavy (non-hydrogen) atoms. The summed E-state index contributed by atoms with van der Waals surface area (Å²) in [5.74, 6) is -0.247. The van der Waals surface area contributed by atoms with Crippen LogP contribution in [0.25, 0.3) is 11.2 Å². The summed E-state index contributed by atoms with van der Waals surface area (Å²) in [4.78, 5) is 37.1. The maximum Gasteiger partial charge on any atom is 0.313 e. The fraction of sp³-hybridized carbons (Fsp3) is 0.350. The van der Waals surface area contributed by atoms with Gasteiger partial charge in [0.05, 0.1) is 6.54 Å². The van der Waals surface area contributed by atoms with Gasteiger partial charge in [-0.3, -0.25) is 14.2 Å². The fourth-order valence-corrected chi connectivity index (χ4v) is 2.90. The van der Waals surface area contributed by atoms with Crippen molar-refractivity contribution < 1.29 is 14.3 Å². The Labute approximate surface area is 167 Å². The van der Waals surface area contributed by atoms with Crippen molar-refractivity contribution in [3.05, 3.63) is 41.7 Å². The second kappa shape index (κ2) is 7.86. The van der Waals surface area contributed by atoms with E-state index in [1.807, 2.05) is 30.3 Å². The van der Waals surface area contributed by atoms with E-state index in [0.717, 1.165) is 18.4 Å². The number of benzene rings is 1. The van der Waals surface area contributed by atoms with Crippen LogP contribution in [0.15, 0.2) is 30.3 Å². The van der Waals surface area contributed by atoms with Crippen molar-refractivity contribution in [2.45, 2.75) is 32.7 Å². The zero-order chi connectivity index (χ0) is 20.4. The minimum absolute atomic E-state index is 0.0294. The fourth-order valence-electron chi connectivity index (χ4n) is 2.90. The molecule has 1 aliphatic rings. The lowest BCUT2D eigenvalue weighted by Crippen LogP contribution is -2.27. The molecule has 0 atom stereocenters. The molecule has 3 N–H and O–H groups in total. The first kappa shape index (κ1) is 18.9. The van der Waals surface area contributed by atoms with Gasteiger partial charge in [0.1, 0.15) is 0 Å². The van der Waals surface area contributed by atoms with Crippen molar-refractivity contribution in [3.63, 3.8) is 0 Å². The van der Waals surface area contributed by atoms with Crippen LogP contribution in [0.3, 0.4) is 0 Å². The van der Waals surface area contributed by atoms with E-state index in [1.165, 1.54) is 0 Å². The van der Waals surface area contributed by atoms with E-state index >= 15 is 0 Å². The summed E-state index contributed by atoms with van der Waals surface area (Å²) in [6, 6.07) is 9.68. The Hall–Kier alpha value is -3.49. The molecule has 150 valence electrons. The normalized spacial score (nSPS) is 13.4. The molecule has 0 saturated heterocycles. The number of carbonyl (C=O) groups excluding carboxylic acids is 2. The zero-order valence-corrected chi connectivity index (χ0v) is 16.1. The van der Waals surface area contributed by atoms with E-state index in [9.17, 15) is 9.59 Å². The second-order valence-corrected chi connectivity index (χ2v) is 7.05. The van der Waals surface area contributed by atoms with Crippen LogP contribution >= 0.6 is 0 Å². The number of nitrogens with two attached hydrogens (primary N) is 1. The lowest BCUT2D eigenvalue weighted by Gasteiger charge is -2.09. The molecule has 0 unspecified atom stereocenters. The number of hydrogen-bond donors (Lipinski definition) is 2. The Morgan fingerprint density at radius 3 is 2.66 bits per heavy atom. The van der Waals surface area contributed by atoms with Crippen molar-refractivity contribution >= 4 is 28.9 Å². The molecule has 0 spiro atoms. The van der Waals surface area contributed by atoms with E-state index in [2.05, 4.69) is 20.3 Å². The first-order valence-corrected chi connectivity index (χ1v) is 9.61. The van der Waals surface area contributed by atoms with Crippen LogP contribution in [0.2, 0.25) is 0 Å². The molecule has 1 fully saturated rings. The molecule has 9 heteroatoms. The molecule has 1 aromatic carbocycles. The molecule has 1 saturated carbocycles. The number of imidazole rings is 1. The molecule has 1 amide bonds. The van der Waals surface area contributed by atoms with Gasteiger partial charge in [-0.1, -0.05) is 37.3 Å². The van der Waals surface area contributed by atoms with Gasteiger partial charge >= 0.3 is 12.0 Å². The Kier molecular flexibility index (Phi) is 5.11. The van der Waals surface area contributed by atoms with E-state index in [4.69, 9.17) is 10.5 Å². The SMILES string of the molecule is CCC(=O)Oc1nc2c(N)nc(C(=O)NCC3CC3)nc2n1Cc1ccccc1. The minimum Gasteiger partial charge on any atom is -0.392 e. The maximum atomic E-state index is 12.5. The van der Waals surface area contributed by atoms with Crippen LogP contribution in [0.5, 0.6) is 6.01 Å². The van der Waals surface area contributed by atoms with E-state index < -0.39 is 5.97 Å². The third kappa shape index (κ3) is 4.18. The highest BCUT2D eigenvalue weighted by molar-refractivity contribution is 5.94. The topological polar surface area (TPSA) is 125 Å². The van der Waals surface area contributed by atoms with Gasteiger partial charge in [-0.05, 0) is 24.3 Å². The van der Waals surface area contributed by atoms with Gasteiger partial charge in [0.25, 0.3) is 5.91 Å². The molecule has 4 rings (SSSR count). The number of nitrogen functional groups attached to an aromatic ring is 1. The summed E-state index contributed by atoms with van der Waals surface area (Å²) < 4.78 is 7.02. The van der Waals surface area contributed by atoms with Gasteiger partial charge < -0.3 is 15.8 Å². The van der Waals surface area contributed by atoms with Gasteiger partial charge in [-0.25, -0.2) is 9.97 Å². The molecular weight excluding hydrogens is 372 g/mol. The number of aromatic nitrogens is 4. The van der Waals surface area contributed by atoms with Gasteiger partial charge in [0.15, 0.2) is 17.0 Å². The molecule has 0 radical (unpaired) electrons. The Morgan fingerprint density at radius 2 is 1.97 bits per heavy atom. The first-order chi connectivity index (χ1) is 14.0. The van der Waals surface area contributed by atoms with E-state index in [1.54, 1.807) is 11.5 Å². The number of nitrogens with zero attached hydrogens (tertiary/aromatic N) is 4. The molecule has 3 aromatic rings. The van der Waals surface area contributed by atoms with Crippen LogP contribution in [-0.4, -0.2) is 37.9 Å². The molecule has 0 aliphatic heterocycles. The largest absolute Gasteiger partial charge is 0.392 e. The van der Waals surface area contributed by atoms with Crippen molar-refractivity contribution in [2.24, 2.45) is 5.92 Å². The van der Waals surface area contributed by atoms with Crippen molar-refractivity contribution in [1.29, 1.82) is 0 Å². The smallest absolute Gasteiger partial charge is 0.313 e. The van der Waals surface area contributed by atoms with Gasteiger partial charge in [-0.2, -0.15) is 4.98 Å². The van der Waals surface area contributed by atoms with Crippen LogP contribution in [0.1, 0.15) is 42.4 Å². The maximum absolute atomic E-state index is 12.5. The number of carbonyl (C=O) groups is 2. The molecule has 9 nitrogen and oxygen atoms in total. The number of fused-ring (bicyclic) bond motifs is 1. The Balaban J connectivity index is 1.75. The van der Waals surface area contributed by atoms with Crippen LogP contribution in [-0.2, 0) is 11.3 Å². The molecule has 1 aliphatic carbocycles. The first-order valence-electron chi connectivity index (χ1n) is 9.61. The van der Waals surface area contributed by atoms with Gasteiger partial charge in [0.2, 0.25) is 5.82 Å². The predicted molar refractivity (Wildman–Crippen MR) is 106 cm³/mol. The summed E-state index contributed by atoms with van der Waals surface area (Å²) in [7, 11) is 0. The molecule has 0 bridgehead atoms. The average molecular weight is 394 g/mol. The number of esters is 1. The van der Waals surface area contributed by atoms with Crippen LogP contribution in [0, 0.1) is 5.92 Å². The Morgan fingerprint density at radius 1 is 1.21 bits per heavy atom. The van der Waals surface area contributed by atoms with Crippen molar-refractivity contribution in [3.8, 4) is 6.01 Å². The highest BCUT2D eigenvalue weighted by atomic mass is 16.5. The van der Waals surface area contributed by atoms with Gasteiger partial charge in [-0.15, -0.1) is 0 Å². The highest BCUT2D eigenvalue weighted by Gasteiger charge is 2.24. The van der Waals surface area contributed by atoms with Crippen molar-refractivity contribution in [1.82, 2.24) is 24.8 Å². The third-order valence-electron chi connectivity index (χ3n) is 4.72. The summed E-state index contributed by atoms with van der Waals surface area (Å²) in [5.41, 5.74) is 7.65. The molecule has 2 aromatic heterocycles. The summed E-state index contributed by atoms with van der Waals surface area (Å²) in [6.45, 7) is 2.65. The summed E-state index contributed by atoms with van der Waals surface area (Å²) in [6.07, 6.45) is 2.45. The highest BCUT2D eigenvalue weighted by Crippen LogP contribution is 2.28. The number of anilines is 1. The minimum atomic E-state index is -0.427. The monoisotopic (exact) mass is 394 g/mol. The second-order valence-electron chi connectivity index (χ2n) is 7.05. The predicted octanol–water partition coefficient (Wildman–Crippen LogP) is 1.91. The standard InChI is InChI=1S/C20H22N6O3/c1-2-14(27)29-20-23-15-16(21)24-17(19(28)22-10-12-8-9-12)25-18(15)26(20)11-13-6-4-3-5-7-13/h3-7,12H,2,8-11H2,1H3,(H,22,28)(H2,21,24,25). The van der Waals surface area contributed by atoms with E-state index in [-0.39, 0.29) is 30.0 Å². The molecular formula is C20H22N6O3. The Bertz CT molecular complexity index is 1060. The zero-order valence-electron chi connectivity index (χ0n) is 16.1. The number of nitrogens with one attached hydrogen (secondary N) is 1. The summed E-state index contributed by atoms with van der Waals surface area (Å²) in [5, 5.41) is 2.84. The number of ether oxygens (including phenoxy) is 1. The molecule has 2 heterocycles. The number of rotatable bonds is 7. The van der Waals surface area contributed by atoms with Crippen molar-refractivity contribution in [2.75, 3.05) is 12.3 Å². The summed E-state index contributed by atoms with van der Waals surface area (Å²) >= 11 is 0.